The van der Waals surface area contributed by atoms with Gasteiger partial charge in [0.25, 0.3) is 5.91 Å². The quantitative estimate of drug-likeness (QED) is 0.809. The Morgan fingerprint density at radius 3 is 2.62 bits per heavy atom. The van der Waals surface area contributed by atoms with Crippen LogP contribution in [-0.2, 0) is 9.53 Å². The first kappa shape index (κ1) is 17.8. The monoisotopic (exact) mass is 329 g/mol. The van der Waals surface area contributed by atoms with Crippen LogP contribution in [0.1, 0.15) is 17.2 Å². The van der Waals surface area contributed by atoms with Gasteiger partial charge in [0.05, 0.1) is 13.2 Å². The molecular weight excluding hydrogens is 306 g/mol. The van der Waals surface area contributed by atoms with Crippen molar-refractivity contribution in [2.45, 2.75) is 13.0 Å². The maximum Gasteiger partial charge on any atom is 0.258 e. The maximum absolute atomic E-state index is 12.0. The van der Waals surface area contributed by atoms with Crippen molar-refractivity contribution in [1.29, 1.82) is 0 Å². The zero-order chi connectivity index (χ0) is 17.4. The lowest BCUT2D eigenvalue weighted by Gasteiger charge is -2.17. The minimum absolute atomic E-state index is 0.0284. The molecule has 2 aromatic carbocycles. The third-order valence-corrected chi connectivity index (χ3v) is 3.69. The van der Waals surface area contributed by atoms with Gasteiger partial charge >= 0.3 is 0 Å². The second-order valence-corrected chi connectivity index (χ2v) is 5.36. The van der Waals surface area contributed by atoms with Gasteiger partial charge in [-0.15, -0.1) is 0 Å². The van der Waals surface area contributed by atoms with E-state index in [4.69, 9.17) is 14.2 Å². The normalized spacial score (nSPS) is 11.6. The Labute approximate surface area is 142 Å². The second kappa shape index (κ2) is 8.93. The average Bonchev–Trinajstić information content (AvgIpc) is 2.61. The number of hydrogen-bond acceptors (Lipinski definition) is 4. The molecule has 0 heterocycles. The molecule has 0 radical (unpaired) electrons. The van der Waals surface area contributed by atoms with Crippen LogP contribution in [0.4, 0.5) is 0 Å². The Hall–Kier alpha value is -2.53. The van der Waals surface area contributed by atoms with Crippen LogP contribution in [0.25, 0.3) is 0 Å². The van der Waals surface area contributed by atoms with E-state index in [0.717, 1.165) is 16.9 Å². The number of amides is 1. The van der Waals surface area contributed by atoms with Crippen LogP contribution in [-0.4, -0.2) is 33.3 Å². The first-order valence-corrected chi connectivity index (χ1v) is 7.76. The molecule has 24 heavy (non-hydrogen) atoms. The summed E-state index contributed by atoms with van der Waals surface area (Å²) in [7, 11) is 3.23. The summed E-state index contributed by atoms with van der Waals surface area (Å²) >= 11 is 0. The SMILES string of the molecule is COc1cccc([C@@H](CNC(=O)COc2ccccc2C)OC)c1. The van der Waals surface area contributed by atoms with E-state index in [1.807, 2.05) is 55.5 Å². The third-order valence-electron chi connectivity index (χ3n) is 3.69. The summed E-state index contributed by atoms with van der Waals surface area (Å²) in [4.78, 5) is 12.0. The highest BCUT2D eigenvalue weighted by Crippen LogP contribution is 2.21. The van der Waals surface area contributed by atoms with E-state index in [1.54, 1.807) is 14.2 Å². The summed E-state index contributed by atoms with van der Waals surface area (Å²) < 4.78 is 16.2. The average molecular weight is 329 g/mol. The smallest absolute Gasteiger partial charge is 0.258 e. The Bertz CT molecular complexity index is 672. The molecule has 1 atom stereocenters. The zero-order valence-corrected chi connectivity index (χ0v) is 14.2. The summed E-state index contributed by atoms with van der Waals surface area (Å²) in [6.45, 7) is 2.27. The molecule has 0 fully saturated rings. The lowest BCUT2D eigenvalue weighted by atomic mass is 10.1. The first-order valence-electron chi connectivity index (χ1n) is 7.76. The van der Waals surface area contributed by atoms with Crippen molar-refractivity contribution in [1.82, 2.24) is 5.32 Å². The first-order chi connectivity index (χ1) is 11.6. The highest BCUT2D eigenvalue weighted by atomic mass is 16.5. The molecule has 2 aromatic rings. The molecule has 1 amide bonds. The molecule has 0 aliphatic carbocycles. The third kappa shape index (κ3) is 4.99. The van der Waals surface area contributed by atoms with Crippen LogP contribution in [0, 0.1) is 6.92 Å². The number of methoxy groups -OCH3 is 2. The highest BCUT2D eigenvalue weighted by molar-refractivity contribution is 5.77. The fraction of sp³-hybridized carbons (Fsp3) is 0.316. The molecule has 0 unspecified atom stereocenters. The number of aryl methyl sites for hydroxylation is 1. The van der Waals surface area contributed by atoms with Crippen LogP contribution in [0.5, 0.6) is 11.5 Å². The number of ether oxygens (including phenoxy) is 3. The van der Waals surface area contributed by atoms with Crippen molar-refractivity contribution in [3.8, 4) is 11.5 Å². The number of carbonyl (C=O) groups excluding carboxylic acids is 1. The van der Waals surface area contributed by atoms with E-state index >= 15 is 0 Å². The Balaban J connectivity index is 1.86. The molecule has 128 valence electrons. The van der Waals surface area contributed by atoms with Crippen molar-refractivity contribution in [2.75, 3.05) is 27.4 Å². The van der Waals surface area contributed by atoms with E-state index in [0.29, 0.717) is 12.3 Å². The number of carbonyl (C=O) groups is 1. The maximum atomic E-state index is 12.0. The zero-order valence-electron chi connectivity index (χ0n) is 14.2. The molecule has 0 aromatic heterocycles. The lowest BCUT2D eigenvalue weighted by Crippen LogP contribution is -2.33. The highest BCUT2D eigenvalue weighted by Gasteiger charge is 2.13. The van der Waals surface area contributed by atoms with Gasteiger partial charge in [-0.05, 0) is 36.2 Å². The van der Waals surface area contributed by atoms with E-state index in [2.05, 4.69) is 5.32 Å². The van der Waals surface area contributed by atoms with Crippen molar-refractivity contribution >= 4 is 5.91 Å². The molecular formula is C19H23NO4. The number of rotatable bonds is 8. The van der Waals surface area contributed by atoms with Gasteiger partial charge in [0.1, 0.15) is 11.5 Å². The number of nitrogens with one attached hydrogen (secondary N) is 1. The van der Waals surface area contributed by atoms with Crippen LogP contribution in [0.3, 0.4) is 0 Å². The van der Waals surface area contributed by atoms with E-state index < -0.39 is 0 Å². The molecule has 5 nitrogen and oxygen atoms in total. The van der Waals surface area contributed by atoms with Gasteiger partial charge in [-0.1, -0.05) is 30.3 Å². The standard InChI is InChI=1S/C19H23NO4/c1-14-7-4-5-10-17(14)24-13-19(21)20-12-18(23-3)15-8-6-9-16(11-15)22-2/h4-11,18H,12-13H2,1-3H3,(H,20,21)/t18-/m1/s1. The molecule has 0 saturated heterocycles. The molecule has 0 spiro atoms. The summed E-state index contributed by atoms with van der Waals surface area (Å²) in [6.07, 6.45) is -0.248. The van der Waals surface area contributed by atoms with E-state index in [1.165, 1.54) is 0 Å². The number of benzene rings is 2. The van der Waals surface area contributed by atoms with E-state index in [-0.39, 0.29) is 18.6 Å². The van der Waals surface area contributed by atoms with Gasteiger partial charge in [0.2, 0.25) is 0 Å². The Morgan fingerprint density at radius 2 is 1.92 bits per heavy atom. The van der Waals surface area contributed by atoms with Crippen molar-refractivity contribution in [2.24, 2.45) is 0 Å². The van der Waals surface area contributed by atoms with E-state index in [9.17, 15) is 4.79 Å². The summed E-state index contributed by atoms with van der Waals surface area (Å²) in [5, 5.41) is 2.83. The Morgan fingerprint density at radius 1 is 1.12 bits per heavy atom. The Kier molecular flexibility index (Phi) is 6.63. The predicted octanol–water partition coefficient (Wildman–Crippen LogP) is 2.89. The van der Waals surface area contributed by atoms with Crippen LogP contribution >= 0.6 is 0 Å². The van der Waals surface area contributed by atoms with Crippen LogP contribution in [0.2, 0.25) is 0 Å². The second-order valence-electron chi connectivity index (χ2n) is 5.36. The fourth-order valence-electron chi connectivity index (χ4n) is 2.30. The number of hydrogen-bond donors (Lipinski definition) is 1. The number of para-hydroxylation sites is 1. The summed E-state index contributed by atoms with van der Waals surface area (Å²) in [5.41, 5.74) is 1.94. The van der Waals surface area contributed by atoms with Crippen molar-refractivity contribution in [3.63, 3.8) is 0 Å². The summed E-state index contributed by atoms with van der Waals surface area (Å²) in [6, 6.07) is 15.2. The minimum Gasteiger partial charge on any atom is -0.497 e. The molecule has 1 N–H and O–H groups in total. The topological polar surface area (TPSA) is 56.8 Å². The van der Waals surface area contributed by atoms with Gasteiger partial charge in [-0.2, -0.15) is 0 Å². The van der Waals surface area contributed by atoms with Gasteiger partial charge < -0.3 is 19.5 Å². The van der Waals surface area contributed by atoms with Crippen LogP contribution in [0.15, 0.2) is 48.5 Å². The van der Waals surface area contributed by atoms with Gasteiger partial charge in [-0.3, -0.25) is 4.79 Å². The molecule has 0 saturated carbocycles. The van der Waals surface area contributed by atoms with Crippen molar-refractivity contribution in [3.05, 3.63) is 59.7 Å². The molecule has 0 aliphatic heterocycles. The largest absolute Gasteiger partial charge is 0.497 e. The predicted molar refractivity (Wildman–Crippen MR) is 92.4 cm³/mol. The molecule has 2 rings (SSSR count). The van der Waals surface area contributed by atoms with Gasteiger partial charge in [0, 0.05) is 13.7 Å². The molecule has 5 heteroatoms. The lowest BCUT2D eigenvalue weighted by molar-refractivity contribution is -0.123. The fourth-order valence-corrected chi connectivity index (χ4v) is 2.30. The minimum atomic E-state index is -0.248. The van der Waals surface area contributed by atoms with Crippen LogP contribution < -0.4 is 14.8 Å². The van der Waals surface area contributed by atoms with Gasteiger partial charge in [0.15, 0.2) is 6.61 Å². The summed E-state index contributed by atoms with van der Waals surface area (Å²) in [5.74, 6) is 1.27. The van der Waals surface area contributed by atoms with Gasteiger partial charge in [-0.25, -0.2) is 0 Å². The molecule has 0 aliphatic rings. The van der Waals surface area contributed by atoms with Crippen molar-refractivity contribution < 1.29 is 19.0 Å². The molecule has 0 bridgehead atoms.